The zero-order chi connectivity index (χ0) is 8.43. The Bertz CT molecular complexity index is 330. The minimum absolute atomic E-state index is 0.395. The molecule has 0 fully saturated rings. The number of hydrogen-bond donors (Lipinski definition) is 0. The highest BCUT2D eigenvalue weighted by Gasteiger charge is 2.03. The molecular weight excluding hydrogens is 249 g/mol. The van der Waals surface area contributed by atoms with Gasteiger partial charge in [0.2, 0.25) is 0 Å². The highest BCUT2D eigenvalue weighted by Crippen LogP contribution is 2.28. The second-order valence-corrected chi connectivity index (χ2v) is 3.53. The van der Waals surface area contributed by atoms with Crippen LogP contribution in [0.3, 0.4) is 0 Å². The van der Waals surface area contributed by atoms with E-state index in [1.165, 1.54) is 6.07 Å². The van der Waals surface area contributed by atoms with Crippen molar-refractivity contribution in [3.8, 4) is 6.07 Å². The van der Waals surface area contributed by atoms with Crippen LogP contribution in [0.5, 0.6) is 0 Å². The Morgan fingerprint density at radius 3 is 2.36 bits per heavy atom. The molecule has 11 heavy (non-hydrogen) atoms. The van der Waals surface area contributed by atoms with E-state index in [1.54, 1.807) is 6.07 Å². The molecule has 0 bridgehead atoms. The Morgan fingerprint density at radius 2 is 1.82 bits per heavy atom. The first-order valence-corrected chi connectivity index (χ1v) is 4.24. The first-order chi connectivity index (χ1) is 5.15. The average Bonchev–Trinajstić information content (AvgIpc) is 1.97. The number of nitriles is 1. The van der Waals surface area contributed by atoms with Crippen LogP contribution in [-0.4, -0.2) is 0 Å². The van der Waals surface area contributed by atoms with Crippen LogP contribution >= 0.6 is 39.1 Å². The van der Waals surface area contributed by atoms with Gasteiger partial charge in [-0.05, 0) is 28.1 Å². The van der Waals surface area contributed by atoms with Crippen molar-refractivity contribution in [1.82, 2.24) is 0 Å². The van der Waals surface area contributed by atoms with Gasteiger partial charge in [-0.2, -0.15) is 5.26 Å². The molecule has 0 saturated carbocycles. The maximum absolute atomic E-state index is 8.55. The number of hydrogen-bond acceptors (Lipinski definition) is 1. The molecule has 0 heterocycles. The van der Waals surface area contributed by atoms with Gasteiger partial charge >= 0.3 is 0 Å². The number of halogens is 3. The van der Waals surface area contributed by atoms with E-state index in [4.69, 9.17) is 28.5 Å². The average molecular weight is 251 g/mol. The molecule has 0 aromatic heterocycles. The minimum atomic E-state index is 0.395. The fourth-order valence-electron chi connectivity index (χ4n) is 0.608. The topological polar surface area (TPSA) is 23.8 Å². The molecule has 1 aromatic rings. The van der Waals surface area contributed by atoms with E-state index in [0.29, 0.717) is 20.1 Å². The highest BCUT2D eigenvalue weighted by molar-refractivity contribution is 9.10. The van der Waals surface area contributed by atoms with Crippen LogP contribution in [0.1, 0.15) is 5.56 Å². The molecule has 0 atom stereocenters. The maximum Gasteiger partial charge on any atom is 0.100 e. The lowest BCUT2D eigenvalue weighted by atomic mass is 10.2. The van der Waals surface area contributed by atoms with Crippen LogP contribution in [0.4, 0.5) is 0 Å². The highest BCUT2D eigenvalue weighted by atomic mass is 79.9. The molecule has 0 N–H and O–H groups in total. The second kappa shape index (κ2) is 3.44. The van der Waals surface area contributed by atoms with E-state index >= 15 is 0 Å². The minimum Gasteiger partial charge on any atom is -0.192 e. The van der Waals surface area contributed by atoms with Gasteiger partial charge in [-0.1, -0.05) is 23.2 Å². The Kier molecular flexibility index (Phi) is 2.78. The fourth-order valence-corrected chi connectivity index (χ4v) is 1.50. The van der Waals surface area contributed by atoms with Crippen molar-refractivity contribution in [3.05, 3.63) is 32.2 Å². The third kappa shape index (κ3) is 1.87. The van der Waals surface area contributed by atoms with Gasteiger partial charge in [-0.15, -0.1) is 0 Å². The number of benzene rings is 1. The summed E-state index contributed by atoms with van der Waals surface area (Å²) in [4.78, 5) is 0. The molecular formula is C7H2BrCl2N. The maximum atomic E-state index is 8.55. The quantitative estimate of drug-likeness (QED) is 0.646. The zero-order valence-corrected chi connectivity index (χ0v) is 8.33. The van der Waals surface area contributed by atoms with E-state index < -0.39 is 0 Å². The molecule has 0 saturated heterocycles. The Balaban J connectivity index is 3.35. The summed E-state index contributed by atoms with van der Waals surface area (Å²) in [7, 11) is 0. The van der Waals surface area contributed by atoms with E-state index in [-0.39, 0.29) is 0 Å². The lowest BCUT2D eigenvalue weighted by Gasteiger charge is -1.97. The molecule has 1 rings (SSSR count). The standard InChI is InChI=1S/C7H2BrCl2N/c8-5-2-7(10)6(9)1-4(5)3-11/h1-2H. The summed E-state index contributed by atoms with van der Waals surface area (Å²) in [6.45, 7) is 0. The van der Waals surface area contributed by atoms with Crippen molar-refractivity contribution < 1.29 is 0 Å². The van der Waals surface area contributed by atoms with Gasteiger partial charge in [0.15, 0.2) is 0 Å². The molecule has 0 spiro atoms. The first kappa shape index (κ1) is 8.86. The van der Waals surface area contributed by atoms with Crippen molar-refractivity contribution in [3.63, 3.8) is 0 Å². The summed E-state index contributed by atoms with van der Waals surface area (Å²) in [5.41, 5.74) is 0.486. The Morgan fingerprint density at radius 1 is 1.27 bits per heavy atom. The summed E-state index contributed by atoms with van der Waals surface area (Å²) >= 11 is 14.5. The predicted molar refractivity (Wildman–Crippen MR) is 48.9 cm³/mol. The second-order valence-electron chi connectivity index (χ2n) is 1.86. The lowest BCUT2D eigenvalue weighted by molar-refractivity contribution is 1.47. The molecule has 0 aliphatic rings. The zero-order valence-electron chi connectivity index (χ0n) is 5.24. The third-order valence-corrected chi connectivity index (χ3v) is 2.51. The molecule has 0 radical (unpaired) electrons. The van der Waals surface area contributed by atoms with E-state index in [0.717, 1.165) is 0 Å². The van der Waals surface area contributed by atoms with E-state index in [9.17, 15) is 0 Å². The Hall–Kier alpha value is -0.230. The number of nitrogens with zero attached hydrogens (tertiary/aromatic N) is 1. The van der Waals surface area contributed by atoms with Crippen LogP contribution in [0.15, 0.2) is 16.6 Å². The van der Waals surface area contributed by atoms with Crippen LogP contribution in [-0.2, 0) is 0 Å². The van der Waals surface area contributed by atoms with Gasteiger partial charge in [0.05, 0.1) is 15.6 Å². The summed E-state index contributed by atoms with van der Waals surface area (Å²) in [6.07, 6.45) is 0. The lowest BCUT2D eigenvalue weighted by Crippen LogP contribution is -1.77. The summed E-state index contributed by atoms with van der Waals surface area (Å²) in [6, 6.07) is 5.09. The van der Waals surface area contributed by atoms with Crippen LogP contribution in [0.2, 0.25) is 10.0 Å². The van der Waals surface area contributed by atoms with Crippen molar-refractivity contribution in [2.75, 3.05) is 0 Å². The summed E-state index contributed by atoms with van der Waals surface area (Å²) in [5.74, 6) is 0. The molecule has 0 aliphatic carbocycles. The normalized spacial score (nSPS) is 9.27. The van der Waals surface area contributed by atoms with Gasteiger partial charge in [0, 0.05) is 4.47 Å². The summed E-state index contributed by atoms with van der Waals surface area (Å²) in [5, 5.41) is 9.39. The van der Waals surface area contributed by atoms with Crippen LogP contribution in [0.25, 0.3) is 0 Å². The van der Waals surface area contributed by atoms with Crippen LogP contribution < -0.4 is 0 Å². The van der Waals surface area contributed by atoms with Gasteiger partial charge in [-0.25, -0.2) is 0 Å². The largest absolute Gasteiger partial charge is 0.192 e. The molecule has 0 unspecified atom stereocenters. The SMILES string of the molecule is N#Cc1cc(Cl)c(Cl)cc1Br. The first-order valence-electron chi connectivity index (χ1n) is 2.70. The van der Waals surface area contributed by atoms with Crippen molar-refractivity contribution >= 4 is 39.1 Å². The van der Waals surface area contributed by atoms with Crippen molar-refractivity contribution in [1.29, 1.82) is 5.26 Å². The molecule has 0 amide bonds. The fraction of sp³-hybridized carbons (Fsp3) is 0. The van der Waals surface area contributed by atoms with Crippen molar-refractivity contribution in [2.45, 2.75) is 0 Å². The predicted octanol–water partition coefficient (Wildman–Crippen LogP) is 3.63. The van der Waals surface area contributed by atoms with Crippen molar-refractivity contribution in [2.24, 2.45) is 0 Å². The molecule has 4 heteroatoms. The van der Waals surface area contributed by atoms with E-state index in [2.05, 4.69) is 15.9 Å². The summed E-state index contributed by atoms with van der Waals surface area (Å²) < 4.78 is 0.661. The van der Waals surface area contributed by atoms with Gasteiger partial charge in [0.1, 0.15) is 6.07 Å². The van der Waals surface area contributed by atoms with Gasteiger partial charge in [0.25, 0.3) is 0 Å². The van der Waals surface area contributed by atoms with Crippen LogP contribution in [0, 0.1) is 11.3 Å². The van der Waals surface area contributed by atoms with E-state index in [1.807, 2.05) is 6.07 Å². The monoisotopic (exact) mass is 249 g/mol. The molecule has 0 aliphatic heterocycles. The van der Waals surface area contributed by atoms with Gasteiger partial charge < -0.3 is 0 Å². The molecule has 56 valence electrons. The number of rotatable bonds is 0. The third-order valence-electron chi connectivity index (χ3n) is 1.13. The van der Waals surface area contributed by atoms with Gasteiger partial charge in [-0.3, -0.25) is 0 Å². The smallest absolute Gasteiger partial charge is 0.100 e. The molecule has 1 nitrogen and oxygen atoms in total. The Labute approximate surface area is 82.7 Å². The molecule has 1 aromatic carbocycles.